The number of methoxy groups -OCH3 is 2. The molecule has 1 aliphatic heterocycles. The van der Waals surface area contributed by atoms with Gasteiger partial charge in [0.25, 0.3) is 0 Å². The minimum atomic E-state index is 0.572. The van der Waals surface area contributed by atoms with Crippen LogP contribution in [0.4, 0.5) is 0 Å². The van der Waals surface area contributed by atoms with Gasteiger partial charge in [-0.15, -0.1) is 0 Å². The van der Waals surface area contributed by atoms with Crippen LogP contribution in [0.5, 0.6) is 0 Å². The zero-order chi connectivity index (χ0) is 14.6. The molecule has 1 heterocycles. The van der Waals surface area contributed by atoms with Crippen molar-refractivity contribution in [2.75, 3.05) is 66.8 Å². The van der Waals surface area contributed by atoms with Crippen LogP contribution in [-0.2, 0) is 14.2 Å². The van der Waals surface area contributed by atoms with E-state index in [0.29, 0.717) is 12.0 Å². The third-order valence-corrected chi connectivity index (χ3v) is 3.87. The van der Waals surface area contributed by atoms with E-state index < -0.39 is 0 Å². The SMILES string of the molecule is CCNC1CCOCC1CN(CCCOC)CCOC. The molecule has 0 aliphatic carbocycles. The van der Waals surface area contributed by atoms with Gasteiger partial charge in [0.1, 0.15) is 0 Å². The molecule has 2 atom stereocenters. The van der Waals surface area contributed by atoms with E-state index in [0.717, 1.165) is 65.4 Å². The first-order valence-corrected chi connectivity index (χ1v) is 7.83. The lowest BCUT2D eigenvalue weighted by Crippen LogP contribution is -2.48. The van der Waals surface area contributed by atoms with E-state index in [2.05, 4.69) is 17.1 Å². The van der Waals surface area contributed by atoms with Crippen LogP contribution >= 0.6 is 0 Å². The molecule has 2 unspecified atom stereocenters. The molecule has 120 valence electrons. The van der Waals surface area contributed by atoms with Gasteiger partial charge in [-0.2, -0.15) is 0 Å². The van der Waals surface area contributed by atoms with Gasteiger partial charge in [0.15, 0.2) is 0 Å². The lowest BCUT2D eigenvalue weighted by Gasteiger charge is -2.36. The molecule has 0 aromatic carbocycles. The van der Waals surface area contributed by atoms with E-state index in [1.165, 1.54) is 0 Å². The molecule has 0 radical (unpaired) electrons. The summed E-state index contributed by atoms with van der Waals surface area (Å²) < 4.78 is 16.0. The average Bonchev–Trinajstić information content (AvgIpc) is 2.47. The van der Waals surface area contributed by atoms with Gasteiger partial charge >= 0.3 is 0 Å². The molecule has 0 spiro atoms. The molecule has 0 aromatic rings. The van der Waals surface area contributed by atoms with E-state index in [9.17, 15) is 0 Å². The summed E-state index contributed by atoms with van der Waals surface area (Å²) in [4.78, 5) is 2.48. The maximum absolute atomic E-state index is 5.67. The average molecular weight is 288 g/mol. The lowest BCUT2D eigenvalue weighted by atomic mass is 9.95. The highest BCUT2D eigenvalue weighted by molar-refractivity contribution is 4.82. The highest BCUT2D eigenvalue weighted by atomic mass is 16.5. The van der Waals surface area contributed by atoms with Crippen LogP contribution in [0.2, 0.25) is 0 Å². The van der Waals surface area contributed by atoms with Gasteiger partial charge in [0.05, 0.1) is 13.2 Å². The molecule has 1 saturated heterocycles. The van der Waals surface area contributed by atoms with Crippen molar-refractivity contribution in [1.29, 1.82) is 0 Å². The molecular weight excluding hydrogens is 256 g/mol. The summed E-state index contributed by atoms with van der Waals surface area (Å²) in [6, 6.07) is 0.584. The summed E-state index contributed by atoms with van der Waals surface area (Å²) >= 11 is 0. The van der Waals surface area contributed by atoms with E-state index in [1.807, 2.05) is 0 Å². The van der Waals surface area contributed by atoms with Crippen molar-refractivity contribution in [2.45, 2.75) is 25.8 Å². The zero-order valence-electron chi connectivity index (χ0n) is 13.4. The van der Waals surface area contributed by atoms with E-state index in [-0.39, 0.29) is 0 Å². The summed E-state index contributed by atoms with van der Waals surface area (Å²) in [5, 5.41) is 3.60. The summed E-state index contributed by atoms with van der Waals surface area (Å²) in [6.45, 7) is 9.68. The Bertz CT molecular complexity index is 227. The zero-order valence-corrected chi connectivity index (χ0v) is 13.4. The second kappa shape index (κ2) is 11.5. The third kappa shape index (κ3) is 6.99. The van der Waals surface area contributed by atoms with Crippen molar-refractivity contribution in [2.24, 2.45) is 5.92 Å². The Labute approximate surface area is 123 Å². The Balaban J connectivity index is 2.42. The lowest BCUT2D eigenvalue weighted by molar-refractivity contribution is 0.0125. The smallest absolute Gasteiger partial charge is 0.0589 e. The van der Waals surface area contributed by atoms with Gasteiger partial charge in [-0.3, -0.25) is 0 Å². The number of ether oxygens (including phenoxy) is 3. The fourth-order valence-electron chi connectivity index (χ4n) is 2.79. The summed E-state index contributed by atoms with van der Waals surface area (Å²) in [7, 11) is 3.52. The molecule has 0 saturated carbocycles. The highest BCUT2D eigenvalue weighted by Gasteiger charge is 2.26. The topological polar surface area (TPSA) is 43.0 Å². The van der Waals surface area contributed by atoms with Gasteiger partial charge in [0, 0.05) is 59.0 Å². The summed E-state index contributed by atoms with van der Waals surface area (Å²) in [5.74, 6) is 0.572. The van der Waals surface area contributed by atoms with E-state index in [4.69, 9.17) is 14.2 Å². The molecule has 0 aromatic heterocycles. The Morgan fingerprint density at radius 2 is 2.00 bits per heavy atom. The van der Waals surface area contributed by atoms with Gasteiger partial charge in [-0.05, 0) is 19.4 Å². The highest BCUT2D eigenvalue weighted by Crippen LogP contribution is 2.16. The third-order valence-electron chi connectivity index (χ3n) is 3.87. The fourth-order valence-corrected chi connectivity index (χ4v) is 2.79. The van der Waals surface area contributed by atoms with Crippen LogP contribution in [0.1, 0.15) is 19.8 Å². The van der Waals surface area contributed by atoms with Gasteiger partial charge < -0.3 is 24.4 Å². The normalized spacial score (nSPS) is 23.4. The predicted octanol–water partition coefficient (Wildman–Crippen LogP) is 0.986. The Kier molecular flexibility index (Phi) is 10.2. The maximum Gasteiger partial charge on any atom is 0.0589 e. The van der Waals surface area contributed by atoms with Crippen molar-refractivity contribution in [3.63, 3.8) is 0 Å². The Morgan fingerprint density at radius 1 is 1.20 bits per heavy atom. The molecular formula is C15H32N2O3. The van der Waals surface area contributed by atoms with Gasteiger partial charge in [0.2, 0.25) is 0 Å². The molecule has 1 fully saturated rings. The second-order valence-corrected chi connectivity index (χ2v) is 5.43. The first-order valence-electron chi connectivity index (χ1n) is 7.83. The molecule has 0 bridgehead atoms. The summed E-state index contributed by atoms with van der Waals surface area (Å²) in [5.41, 5.74) is 0. The van der Waals surface area contributed by atoms with Gasteiger partial charge in [-0.25, -0.2) is 0 Å². The summed E-state index contributed by atoms with van der Waals surface area (Å²) in [6.07, 6.45) is 2.19. The minimum Gasteiger partial charge on any atom is -0.385 e. The first kappa shape index (κ1) is 17.9. The number of nitrogens with zero attached hydrogens (tertiary/aromatic N) is 1. The van der Waals surface area contributed by atoms with Crippen molar-refractivity contribution in [3.8, 4) is 0 Å². The number of rotatable bonds is 11. The maximum atomic E-state index is 5.67. The van der Waals surface area contributed by atoms with Crippen LogP contribution in [-0.4, -0.2) is 77.8 Å². The monoisotopic (exact) mass is 288 g/mol. The van der Waals surface area contributed by atoms with Crippen molar-refractivity contribution in [1.82, 2.24) is 10.2 Å². The molecule has 1 rings (SSSR count). The number of hydrogen-bond donors (Lipinski definition) is 1. The van der Waals surface area contributed by atoms with Crippen molar-refractivity contribution < 1.29 is 14.2 Å². The molecule has 20 heavy (non-hydrogen) atoms. The Hall–Kier alpha value is -0.200. The standard InChI is InChI=1S/C15H32N2O3/c1-4-16-15-6-10-20-13-14(15)12-17(8-11-19-3)7-5-9-18-2/h14-16H,4-13H2,1-3H3. The number of hydrogen-bond acceptors (Lipinski definition) is 5. The predicted molar refractivity (Wildman–Crippen MR) is 81.2 cm³/mol. The molecule has 0 amide bonds. The van der Waals surface area contributed by atoms with E-state index >= 15 is 0 Å². The minimum absolute atomic E-state index is 0.572. The van der Waals surface area contributed by atoms with Crippen LogP contribution in [0.3, 0.4) is 0 Å². The Morgan fingerprint density at radius 3 is 2.70 bits per heavy atom. The fraction of sp³-hybridized carbons (Fsp3) is 1.00. The first-order chi connectivity index (χ1) is 9.81. The molecule has 1 aliphatic rings. The van der Waals surface area contributed by atoms with Crippen LogP contribution in [0.15, 0.2) is 0 Å². The van der Waals surface area contributed by atoms with Crippen LogP contribution in [0.25, 0.3) is 0 Å². The number of nitrogens with one attached hydrogen (secondary N) is 1. The van der Waals surface area contributed by atoms with Crippen molar-refractivity contribution >= 4 is 0 Å². The molecule has 5 heteroatoms. The largest absolute Gasteiger partial charge is 0.385 e. The van der Waals surface area contributed by atoms with Crippen LogP contribution < -0.4 is 5.32 Å². The van der Waals surface area contributed by atoms with E-state index in [1.54, 1.807) is 14.2 Å². The van der Waals surface area contributed by atoms with Crippen LogP contribution in [0, 0.1) is 5.92 Å². The van der Waals surface area contributed by atoms with Crippen molar-refractivity contribution in [3.05, 3.63) is 0 Å². The quantitative estimate of drug-likeness (QED) is 0.574. The molecule has 1 N–H and O–H groups in total. The second-order valence-electron chi connectivity index (χ2n) is 5.43. The van der Waals surface area contributed by atoms with Gasteiger partial charge in [-0.1, -0.05) is 6.92 Å². The molecule has 5 nitrogen and oxygen atoms in total.